The molecule has 0 amide bonds. The van der Waals surface area contributed by atoms with Gasteiger partial charge in [-0.05, 0) is 110 Å². The molecule has 0 N–H and O–H groups in total. The van der Waals surface area contributed by atoms with Crippen LogP contribution in [-0.2, 0) is 0 Å². The Morgan fingerprint density at radius 2 is 0.892 bits per heavy atom. The van der Waals surface area contributed by atoms with E-state index in [1.54, 1.807) is 0 Å². The zero-order valence-corrected chi connectivity index (χ0v) is 35.4. The highest BCUT2D eigenvalue weighted by Crippen LogP contribution is 2.46. The molecule has 0 spiro atoms. The van der Waals surface area contributed by atoms with Crippen molar-refractivity contribution in [3.63, 3.8) is 0 Å². The number of para-hydroxylation sites is 1. The zero-order chi connectivity index (χ0) is 42.8. The Bertz CT molecular complexity index is 3920. The van der Waals surface area contributed by atoms with Crippen LogP contribution in [0.15, 0.2) is 247 Å². The molecule has 13 aromatic rings. The highest BCUT2D eigenvalue weighted by molar-refractivity contribution is 6.23. The van der Waals surface area contributed by atoms with E-state index in [-0.39, 0.29) is 0 Å². The van der Waals surface area contributed by atoms with Crippen LogP contribution in [0, 0.1) is 0 Å². The smallest absolute Gasteiger partial charge is 0.159 e. The molecule has 2 aromatic heterocycles. The van der Waals surface area contributed by atoms with Gasteiger partial charge in [-0.1, -0.05) is 188 Å². The molecule has 11 aromatic carbocycles. The minimum absolute atomic E-state index is 0.848. The predicted molar refractivity (Wildman–Crippen MR) is 274 cm³/mol. The second-order valence-corrected chi connectivity index (χ2v) is 16.8. The minimum Gasteiger partial charge on any atom is -0.454 e. The lowest BCUT2D eigenvalue weighted by molar-refractivity contribution is 0.669. The monoisotopic (exact) mass is 828 g/mol. The van der Waals surface area contributed by atoms with Crippen molar-refractivity contribution in [1.29, 1.82) is 0 Å². The fraction of sp³-hybridized carbons (Fsp3) is 0. The Morgan fingerprint density at radius 1 is 0.338 bits per heavy atom. The van der Waals surface area contributed by atoms with Gasteiger partial charge in [0, 0.05) is 38.6 Å². The lowest BCUT2D eigenvalue weighted by atomic mass is 9.94. The predicted octanol–water partition coefficient (Wildman–Crippen LogP) is 17.5. The number of furan rings is 1. The van der Waals surface area contributed by atoms with Crippen molar-refractivity contribution in [3.8, 4) is 39.1 Å². The summed E-state index contributed by atoms with van der Waals surface area (Å²) in [6.07, 6.45) is 0. The first-order valence-corrected chi connectivity index (χ1v) is 22.2. The van der Waals surface area contributed by atoms with Gasteiger partial charge in [0.15, 0.2) is 5.58 Å². The summed E-state index contributed by atoms with van der Waals surface area (Å²) >= 11 is 0. The van der Waals surface area contributed by atoms with Gasteiger partial charge in [-0.2, -0.15) is 0 Å². The average molecular weight is 829 g/mol. The van der Waals surface area contributed by atoms with Crippen LogP contribution in [0.2, 0.25) is 0 Å². The third-order valence-corrected chi connectivity index (χ3v) is 13.2. The highest BCUT2D eigenvalue weighted by atomic mass is 16.3. The second kappa shape index (κ2) is 15.0. The number of rotatable bonds is 7. The van der Waals surface area contributed by atoms with E-state index in [1.165, 1.54) is 65.7 Å². The van der Waals surface area contributed by atoms with E-state index < -0.39 is 0 Å². The molecular weight excluding hydrogens is 789 g/mol. The summed E-state index contributed by atoms with van der Waals surface area (Å²) in [7, 11) is 0. The summed E-state index contributed by atoms with van der Waals surface area (Å²) in [5.41, 5.74) is 15.3. The van der Waals surface area contributed by atoms with Gasteiger partial charge < -0.3 is 13.9 Å². The molecule has 0 saturated carbocycles. The molecule has 0 aliphatic rings. The maximum absolute atomic E-state index is 6.95. The Labute approximate surface area is 376 Å². The van der Waals surface area contributed by atoms with E-state index in [0.717, 1.165) is 55.8 Å². The first kappa shape index (κ1) is 36.9. The van der Waals surface area contributed by atoms with Crippen molar-refractivity contribution >= 4 is 82.4 Å². The molecule has 2 heterocycles. The van der Waals surface area contributed by atoms with Crippen molar-refractivity contribution in [3.05, 3.63) is 243 Å². The van der Waals surface area contributed by atoms with Gasteiger partial charge >= 0.3 is 0 Å². The number of nitrogens with zero attached hydrogens (tertiary/aromatic N) is 2. The van der Waals surface area contributed by atoms with Crippen LogP contribution >= 0.6 is 0 Å². The van der Waals surface area contributed by atoms with Crippen LogP contribution in [0.3, 0.4) is 0 Å². The molecule has 0 unspecified atom stereocenters. The fourth-order valence-electron chi connectivity index (χ4n) is 10.2. The normalized spacial score (nSPS) is 11.7. The molecule has 13 rings (SSSR count). The first-order chi connectivity index (χ1) is 32.2. The van der Waals surface area contributed by atoms with Crippen LogP contribution in [-0.4, -0.2) is 4.57 Å². The molecule has 0 fully saturated rings. The molecular formula is C62H40N2O. The highest BCUT2D eigenvalue weighted by Gasteiger charge is 2.23. The van der Waals surface area contributed by atoms with E-state index in [1.807, 2.05) is 0 Å². The lowest BCUT2D eigenvalue weighted by Crippen LogP contribution is -2.10. The average Bonchev–Trinajstić information content (AvgIpc) is 3.94. The van der Waals surface area contributed by atoms with E-state index in [9.17, 15) is 0 Å². The van der Waals surface area contributed by atoms with E-state index >= 15 is 0 Å². The molecule has 0 aliphatic carbocycles. The zero-order valence-electron chi connectivity index (χ0n) is 35.4. The van der Waals surface area contributed by atoms with Gasteiger partial charge in [-0.25, -0.2) is 0 Å². The quantitative estimate of drug-likeness (QED) is 0.160. The van der Waals surface area contributed by atoms with Gasteiger partial charge in [0.2, 0.25) is 0 Å². The van der Waals surface area contributed by atoms with E-state index in [4.69, 9.17) is 4.42 Å². The second-order valence-electron chi connectivity index (χ2n) is 16.8. The molecule has 0 saturated heterocycles. The SMILES string of the molecule is c1ccc(-c2ccc(-n3c4cc(N(c5ccc(-c6ccccc6-c6ccccc6)cc5)c5cccc6c5oc5ccc7ccccc7c56)ccc4c4c5ccccc5ccc43)cc2)cc1. The molecule has 304 valence electrons. The van der Waals surface area contributed by atoms with Crippen LogP contribution in [0.4, 0.5) is 17.1 Å². The largest absolute Gasteiger partial charge is 0.454 e. The van der Waals surface area contributed by atoms with Crippen molar-refractivity contribution in [2.45, 2.75) is 0 Å². The molecule has 0 bridgehead atoms. The Hall–Kier alpha value is -8.66. The number of hydrogen-bond donors (Lipinski definition) is 0. The summed E-state index contributed by atoms with van der Waals surface area (Å²) in [4.78, 5) is 2.37. The van der Waals surface area contributed by atoms with Crippen molar-refractivity contribution < 1.29 is 4.42 Å². The van der Waals surface area contributed by atoms with Crippen molar-refractivity contribution in [2.24, 2.45) is 0 Å². The van der Waals surface area contributed by atoms with Crippen molar-refractivity contribution in [2.75, 3.05) is 4.90 Å². The van der Waals surface area contributed by atoms with Gasteiger partial charge in [-0.3, -0.25) is 0 Å². The number of fused-ring (bicyclic) bond motifs is 10. The van der Waals surface area contributed by atoms with Gasteiger partial charge in [-0.15, -0.1) is 0 Å². The third-order valence-electron chi connectivity index (χ3n) is 13.2. The van der Waals surface area contributed by atoms with E-state index in [2.05, 4.69) is 252 Å². The molecule has 65 heavy (non-hydrogen) atoms. The van der Waals surface area contributed by atoms with Crippen LogP contribution in [0.25, 0.3) is 104 Å². The minimum atomic E-state index is 0.848. The number of benzene rings is 11. The lowest BCUT2D eigenvalue weighted by Gasteiger charge is -2.26. The van der Waals surface area contributed by atoms with Gasteiger partial charge in [0.1, 0.15) is 5.58 Å². The Morgan fingerprint density at radius 3 is 1.62 bits per heavy atom. The summed E-state index contributed by atoms with van der Waals surface area (Å²) in [5.74, 6) is 0. The topological polar surface area (TPSA) is 21.3 Å². The first-order valence-electron chi connectivity index (χ1n) is 22.2. The molecule has 0 aliphatic heterocycles. The number of anilines is 3. The number of hydrogen-bond acceptors (Lipinski definition) is 2. The van der Waals surface area contributed by atoms with Crippen LogP contribution < -0.4 is 4.90 Å². The van der Waals surface area contributed by atoms with E-state index in [0.29, 0.717) is 0 Å². The summed E-state index contributed by atoms with van der Waals surface area (Å²) in [6.45, 7) is 0. The van der Waals surface area contributed by atoms with Gasteiger partial charge in [0.25, 0.3) is 0 Å². The third kappa shape index (κ3) is 6.05. The van der Waals surface area contributed by atoms with Crippen LogP contribution in [0.1, 0.15) is 0 Å². The van der Waals surface area contributed by atoms with Crippen molar-refractivity contribution in [1.82, 2.24) is 4.57 Å². The molecule has 3 nitrogen and oxygen atoms in total. The van der Waals surface area contributed by atoms with Gasteiger partial charge in [0.05, 0.1) is 16.7 Å². The molecule has 3 heteroatoms. The summed E-state index contributed by atoms with van der Waals surface area (Å²) in [6, 6.07) is 87.6. The van der Waals surface area contributed by atoms with Crippen LogP contribution in [0.5, 0.6) is 0 Å². The fourth-order valence-corrected chi connectivity index (χ4v) is 10.2. The maximum Gasteiger partial charge on any atom is 0.159 e. The summed E-state index contributed by atoms with van der Waals surface area (Å²) < 4.78 is 9.39. The Balaban J connectivity index is 1.05. The molecule has 0 radical (unpaired) electrons. The molecule has 0 atom stereocenters. The standard InChI is InChI=1S/C62H40N2O/c1-3-14-41(15-4-1)42-26-32-48(33-27-42)64-56-38-30-44-18-7-9-22-52(44)60(56)54-37-36-49(40-58(54)64)63(47-34-28-46(29-35-47)51-21-12-11-20-50(51)43-16-5-2-6-17-43)57-25-13-24-55-61-53-23-10-8-19-45(53)31-39-59(61)65-62(55)57/h1-40H. The Kier molecular flexibility index (Phi) is 8.53. The maximum atomic E-state index is 6.95. The number of aromatic nitrogens is 1. The summed E-state index contributed by atoms with van der Waals surface area (Å²) in [5, 5.41) is 9.52.